The maximum absolute atomic E-state index is 10.9. The average molecular weight is 358 g/mol. The highest BCUT2D eigenvalue weighted by molar-refractivity contribution is 14.1. The maximum atomic E-state index is 10.9. The fourth-order valence-corrected chi connectivity index (χ4v) is 2.04. The lowest BCUT2D eigenvalue weighted by atomic mass is 10.2. The molecule has 2 rings (SSSR count). The van der Waals surface area contributed by atoms with Gasteiger partial charge in [0.25, 0.3) is 5.69 Å². The summed E-state index contributed by atoms with van der Waals surface area (Å²) in [5.74, 6) is 0. The van der Waals surface area contributed by atoms with Crippen molar-refractivity contribution >= 4 is 34.0 Å². The number of nitrogens with one attached hydrogen (secondary N) is 1. The molecule has 0 fully saturated rings. The second kappa shape index (κ2) is 5.34. The van der Waals surface area contributed by atoms with Gasteiger partial charge in [-0.15, -0.1) is 0 Å². The van der Waals surface area contributed by atoms with E-state index in [0.29, 0.717) is 12.2 Å². The van der Waals surface area contributed by atoms with Gasteiger partial charge in [0.15, 0.2) is 0 Å². The lowest BCUT2D eigenvalue weighted by Crippen LogP contribution is -2.07. The van der Waals surface area contributed by atoms with Crippen LogP contribution in [0.5, 0.6) is 0 Å². The van der Waals surface area contributed by atoms with Gasteiger partial charge >= 0.3 is 0 Å². The molecule has 1 heterocycles. The van der Waals surface area contributed by atoms with Crippen molar-refractivity contribution in [3.63, 3.8) is 0 Å². The maximum Gasteiger partial charge on any atom is 0.293 e. The van der Waals surface area contributed by atoms with Crippen LogP contribution in [0.1, 0.15) is 5.69 Å². The van der Waals surface area contributed by atoms with Crippen LogP contribution < -0.4 is 5.32 Å². The van der Waals surface area contributed by atoms with E-state index in [2.05, 4.69) is 33.0 Å². The Kier molecular flexibility index (Phi) is 3.80. The molecule has 0 aliphatic heterocycles. The molecule has 0 aliphatic carbocycles. The Morgan fingerprint density at radius 3 is 2.89 bits per heavy atom. The minimum absolute atomic E-state index is 0.0871. The number of anilines is 1. The molecular formula is C11H11IN4O2. The molecule has 0 bridgehead atoms. The summed E-state index contributed by atoms with van der Waals surface area (Å²) in [5, 5.41) is 18.0. The van der Waals surface area contributed by atoms with Gasteiger partial charge in [-0.2, -0.15) is 5.10 Å². The molecule has 2 aromatic rings. The molecule has 0 saturated heterocycles. The van der Waals surface area contributed by atoms with Crippen molar-refractivity contribution in [3.8, 4) is 0 Å². The van der Waals surface area contributed by atoms with Crippen molar-refractivity contribution < 1.29 is 4.92 Å². The van der Waals surface area contributed by atoms with Gasteiger partial charge in [-0.3, -0.25) is 14.8 Å². The van der Waals surface area contributed by atoms with E-state index in [-0.39, 0.29) is 10.6 Å². The highest BCUT2D eigenvalue weighted by atomic mass is 127. The number of hydrogen-bond donors (Lipinski definition) is 1. The zero-order valence-electron chi connectivity index (χ0n) is 9.63. The first-order valence-electron chi connectivity index (χ1n) is 5.22. The number of nitrogens with zero attached hydrogens (tertiary/aromatic N) is 3. The molecule has 0 spiro atoms. The van der Waals surface area contributed by atoms with E-state index in [1.807, 2.05) is 19.2 Å². The number of aryl methyl sites for hydroxylation is 1. The van der Waals surface area contributed by atoms with E-state index in [0.717, 1.165) is 9.26 Å². The topological polar surface area (TPSA) is 73.0 Å². The van der Waals surface area contributed by atoms with Gasteiger partial charge in [-0.05, 0) is 40.8 Å². The van der Waals surface area contributed by atoms with Gasteiger partial charge in [-0.25, -0.2) is 0 Å². The number of nitro benzene ring substituents is 1. The van der Waals surface area contributed by atoms with Crippen molar-refractivity contribution in [3.05, 3.63) is 49.8 Å². The summed E-state index contributed by atoms with van der Waals surface area (Å²) in [6.45, 7) is 0.498. The molecule has 0 unspecified atom stereocenters. The zero-order valence-corrected chi connectivity index (χ0v) is 11.8. The molecule has 0 aliphatic rings. The molecule has 1 aromatic carbocycles. The normalized spacial score (nSPS) is 10.3. The van der Waals surface area contributed by atoms with E-state index < -0.39 is 0 Å². The first-order valence-corrected chi connectivity index (χ1v) is 6.30. The van der Waals surface area contributed by atoms with Gasteiger partial charge in [0.2, 0.25) is 0 Å². The number of halogens is 1. The van der Waals surface area contributed by atoms with Crippen LogP contribution in [0.2, 0.25) is 0 Å². The molecular weight excluding hydrogens is 347 g/mol. The number of hydrogen-bond acceptors (Lipinski definition) is 4. The lowest BCUT2D eigenvalue weighted by Gasteiger charge is -2.07. The molecule has 0 saturated carbocycles. The minimum Gasteiger partial charge on any atom is -0.374 e. The molecule has 0 amide bonds. The largest absolute Gasteiger partial charge is 0.374 e. The van der Waals surface area contributed by atoms with Crippen LogP contribution in [0.25, 0.3) is 0 Å². The Bertz CT molecular complexity index is 582. The second-order valence-electron chi connectivity index (χ2n) is 3.72. The quantitative estimate of drug-likeness (QED) is 0.518. The van der Waals surface area contributed by atoms with Crippen LogP contribution in [0.4, 0.5) is 11.4 Å². The van der Waals surface area contributed by atoms with Crippen LogP contribution in [-0.4, -0.2) is 14.7 Å². The fourth-order valence-electron chi connectivity index (χ4n) is 1.57. The SMILES string of the molecule is Cn1nccc1CNc1ccc(I)cc1[N+](=O)[O-]. The van der Waals surface area contributed by atoms with Crippen LogP contribution in [-0.2, 0) is 13.6 Å². The summed E-state index contributed by atoms with van der Waals surface area (Å²) in [5.41, 5.74) is 1.56. The Labute approximate surface area is 117 Å². The fraction of sp³-hybridized carbons (Fsp3) is 0.182. The highest BCUT2D eigenvalue weighted by Crippen LogP contribution is 2.26. The van der Waals surface area contributed by atoms with Crippen molar-refractivity contribution in [2.45, 2.75) is 6.54 Å². The first kappa shape index (κ1) is 12.8. The summed E-state index contributed by atoms with van der Waals surface area (Å²) in [4.78, 5) is 10.6. The average Bonchev–Trinajstić information content (AvgIpc) is 2.73. The van der Waals surface area contributed by atoms with E-state index in [1.165, 1.54) is 0 Å². The standard InChI is InChI=1S/C11H11IN4O2/c1-15-9(4-5-14-15)7-13-10-3-2-8(12)6-11(10)16(17)18/h2-6,13H,7H2,1H3. The van der Waals surface area contributed by atoms with Crippen LogP contribution >= 0.6 is 22.6 Å². The third kappa shape index (κ3) is 2.78. The Morgan fingerprint density at radius 1 is 1.50 bits per heavy atom. The highest BCUT2D eigenvalue weighted by Gasteiger charge is 2.14. The third-order valence-corrected chi connectivity index (χ3v) is 3.21. The van der Waals surface area contributed by atoms with E-state index in [1.54, 1.807) is 23.0 Å². The van der Waals surface area contributed by atoms with Crippen LogP contribution in [0.3, 0.4) is 0 Å². The summed E-state index contributed by atoms with van der Waals surface area (Å²) in [6, 6.07) is 6.97. The Hall–Kier alpha value is -1.64. The Morgan fingerprint density at radius 2 is 2.28 bits per heavy atom. The zero-order chi connectivity index (χ0) is 13.1. The molecule has 94 valence electrons. The van der Waals surface area contributed by atoms with Crippen molar-refractivity contribution in [1.82, 2.24) is 9.78 Å². The van der Waals surface area contributed by atoms with E-state index >= 15 is 0 Å². The number of rotatable bonds is 4. The third-order valence-electron chi connectivity index (χ3n) is 2.54. The van der Waals surface area contributed by atoms with Crippen LogP contribution in [0, 0.1) is 13.7 Å². The Balaban J connectivity index is 2.19. The summed E-state index contributed by atoms with van der Waals surface area (Å²) < 4.78 is 2.57. The predicted molar refractivity (Wildman–Crippen MR) is 76.3 cm³/mol. The smallest absolute Gasteiger partial charge is 0.293 e. The van der Waals surface area contributed by atoms with Gasteiger partial charge < -0.3 is 5.32 Å². The van der Waals surface area contributed by atoms with Crippen LogP contribution in [0.15, 0.2) is 30.5 Å². The second-order valence-corrected chi connectivity index (χ2v) is 4.96. The van der Waals surface area contributed by atoms with Gasteiger partial charge in [0.05, 0.1) is 17.2 Å². The van der Waals surface area contributed by atoms with Gasteiger partial charge in [0.1, 0.15) is 5.69 Å². The number of benzene rings is 1. The molecule has 0 radical (unpaired) electrons. The predicted octanol–water partition coefficient (Wildman–Crippen LogP) is 2.55. The lowest BCUT2D eigenvalue weighted by molar-refractivity contribution is -0.384. The minimum atomic E-state index is -0.381. The number of nitro groups is 1. The molecule has 1 aromatic heterocycles. The van der Waals surface area contributed by atoms with E-state index in [9.17, 15) is 10.1 Å². The van der Waals surface area contributed by atoms with Crippen molar-refractivity contribution in [1.29, 1.82) is 0 Å². The summed E-state index contributed by atoms with van der Waals surface area (Å²) in [7, 11) is 1.83. The molecule has 7 heteroatoms. The van der Waals surface area contributed by atoms with E-state index in [4.69, 9.17) is 0 Å². The van der Waals surface area contributed by atoms with Gasteiger partial charge in [-0.1, -0.05) is 0 Å². The monoisotopic (exact) mass is 358 g/mol. The van der Waals surface area contributed by atoms with Crippen molar-refractivity contribution in [2.75, 3.05) is 5.32 Å². The number of aromatic nitrogens is 2. The molecule has 18 heavy (non-hydrogen) atoms. The summed E-state index contributed by atoms with van der Waals surface area (Å²) in [6.07, 6.45) is 1.69. The molecule has 0 atom stereocenters. The molecule has 1 N–H and O–H groups in total. The molecule has 6 nitrogen and oxygen atoms in total. The van der Waals surface area contributed by atoms with Crippen molar-refractivity contribution in [2.24, 2.45) is 7.05 Å². The summed E-state index contributed by atoms with van der Waals surface area (Å²) >= 11 is 2.05. The first-order chi connectivity index (χ1) is 8.58. The van der Waals surface area contributed by atoms with Gasteiger partial charge in [0, 0.05) is 22.9 Å².